The molecule has 0 fully saturated rings. The van der Waals surface area contributed by atoms with E-state index < -0.39 is 11.9 Å². The number of halogens is 3. The van der Waals surface area contributed by atoms with Gasteiger partial charge in [0, 0.05) is 25.2 Å². The summed E-state index contributed by atoms with van der Waals surface area (Å²) in [6, 6.07) is 0.923. The van der Waals surface area contributed by atoms with Crippen molar-refractivity contribution < 1.29 is 13.2 Å². The number of hydrogen-bond donors (Lipinski definition) is 1. The fourth-order valence-electron chi connectivity index (χ4n) is 1.77. The molecule has 8 heteroatoms. The highest BCUT2D eigenvalue weighted by Crippen LogP contribution is 2.28. The van der Waals surface area contributed by atoms with Gasteiger partial charge in [0.25, 0.3) is 0 Å². The summed E-state index contributed by atoms with van der Waals surface area (Å²) in [4.78, 5) is 8.51. The molecule has 0 saturated heterocycles. The standard InChI is InChI=1S/C12H14F3N5/c1-4-9-17-10(16-3)7(2)11(18-9)20-6-5-8(19-20)12(13,14)15/h5-6H,4H2,1-3H3,(H,16,17,18). The Bertz CT molecular complexity index is 618. The molecule has 2 aromatic heterocycles. The van der Waals surface area contributed by atoms with Crippen LogP contribution in [0.3, 0.4) is 0 Å². The number of anilines is 1. The molecule has 108 valence electrons. The molecule has 0 bridgehead atoms. The number of nitrogens with one attached hydrogen (secondary N) is 1. The van der Waals surface area contributed by atoms with Crippen LogP contribution in [0.1, 0.15) is 24.0 Å². The van der Waals surface area contributed by atoms with E-state index in [1.807, 2.05) is 6.92 Å². The summed E-state index contributed by atoms with van der Waals surface area (Å²) in [7, 11) is 1.70. The Morgan fingerprint density at radius 1 is 1.30 bits per heavy atom. The Hall–Kier alpha value is -2.12. The monoisotopic (exact) mass is 285 g/mol. The molecule has 2 rings (SSSR count). The van der Waals surface area contributed by atoms with Gasteiger partial charge in [-0.1, -0.05) is 6.92 Å². The Morgan fingerprint density at radius 3 is 2.50 bits per heavy atom. The van der Waals surface area contributed by atoms with E-state index in [2.05, 4.69) is 20.4 Å². The first-order valence-electron chi connectivity index (χ1n) is 6.05. The SMILES string of the molecule is CCc1nc(NC)c(C)c(-n2ccc(C(F)(F)F)n2)n1. The summed E-state index contributed by atoms with van der Waals surface area (Å²) in [5.74, 6) is 1.46. The number of hydrogen-bond acceptors (Lipinski definition) is 4. The first kappa shape index (κ1) is 14.3. The first-order valence-corrected chi connectivity index (χ1v) is 6.05. The van der Waals surface area contributed by atoms with Gasteiger partial charge in [-0.3, -0.25) is 0 Å². The van der Waals surface area contributed by atoms with Gasteiger partial charge < -0.3 is 5.32 Å². The van der Waals surface area contributed by atoms with Gasteiger partial charge in [0.05, 0.1) is 0 Å². The molecule has 20 heavy (non-hydrogen) atoms. The summed E-state index contributed by atoms with van der Waals surface area (Å²) in [6.45, 7) is 3.60. The van der Waals surface area contributed by atoms with Crippen molar-refractivity contribution in [2.24, 2.45) is 0 Å². The summed E-state index contributed by atoms with van der Waals surface area (Å²) >= 11 is 0. The quantitative estimate of drug-likeness (QED) is 0.941. The summed E-state index contributed by atoms with van der Waals surface area (Å²) in [5.41, 5.74) is -0.305. The van der Waals surface area contributed by atoms with E-state index in [1.165, 1.54) is 6.20 Å². The second-order valence-electron chi connectivity index (χ2n) is 4.18. The van der Waals surface area contributed by atoms with Crippen molar-refractivity contribution in [2.75, 3.05) is 12.4 Å². The van der Waals surface area contributed by atoms with Crippen LogP contribution in [0.15, 0.2) is 12.3 Å². The van der Waals surface area contributed by atoms with Gasteiger partial charge >= 0.3 is 6.18 Å². The van der Waals surface area contributed by atoms with E-state index in [0.717, 1.165) is 10.7 Å². The van der Waals surface area contributed by atoms with Crippen LogP contribution in [0.5, 0.6) is 0 Å². The lowest BCUT2D eigenvalue weighted by Gasteiger charge is -2.11. The van der Waals surface area contributed by atoms with Gasteiger partial charge in [-0.25, -0.2) is 14.6 Å². The van der Waals surface area contributed by atoms with Gasteiger partial charge in [0.2, 0.25) is 0 Å². The van der Waals surface area contributed by atoms with E-state index in [4.69, 9.17) is 0 Å². The van der Waals surface area contributed by atoms with Gasteiger partial charge in [-0.05, 0) is 13.0 Å². The van der Waals surface area contributed by atoms with Crippen LogP contribution in [-0.2, 0) is 12.6 Å². The highest BCUT2D eigenvalue weighted by atomic mass is 19.4. The number of nitrogens with zero attached hydrogens (tertiary/aromatic N) is 4. The zero-order chi connectivity index (χ0) is 14.9. The molecule has 0 aliphatic heterocycles. The minimum Gasteiger partial charge on any atom is -0.373 e. The van der Waals surface area contributed by atoms with Crippen molar-refractivity contribution in [3.05, 3.63) is 29.3 Å². The number of alkyl halides is 3. The van der Waals surface area contributed by atoms with Crippen molar-refractivity contribution in [2.45, 2.75) is 26.4 Å². The van der Waals surface area contributed by atoms with Gasteiger partial charge in [0.15, 0.2) is 11.5 Å². The van der Waals surface area contributed by atoms with Crippen LogP contribution in [-0.4, -0.2) is 26.8 Å². The van der Waals surface area contributed by atoms with Crippen LogP contribution < -0.4 is 5.32 Å². The molecular weight excluding hydrogens is 271 g/mol. The molecule has 2 aromatic rings. The Balaban J connectivity index is 2.54. The van der Waals surface area contributed by atoms with Crippen LogP contribution in [0.25, 0.3) is 5.82 Å². The largest absolute Gasteiger partial charge is 0.435 e. The average Bonchev–Trinajstić information content (AvgIpc) is 2.88. The molecule has 0 aromatic carbocycles. The summed E-state index contributed by atoms with van der Waals surface area (Å²) in [6.07, 6.45) is -2.64. The van der Waals surface area contributed by atoms with Gasteiger partial charge in [0.1, 0.15) is 11.6 Å². The number of rotatable bonds is 3. The Morgan fingerprint density at radius 2 is 2.00 bits per heavy atom. The second-order valence-corrected chi connectivity index (χ2v) is 4.18. The molecule has 1 N–H and O–H groups in total. The minimum absolute atomic E-state index is 0.344. The van der Waals surface area contributed by atoms with Crippen LogP contribution in [0, 0.1) is 6.92 Å². The lowest BCUT2D eigenvalue weighted by atomic mass is 10.3. The molecule has 0 aliphatic carbocycles. The maximum Gasteiger partial charge on any atom is 0.435 e. The molecule has 2 heterocycles. The van der Waals surface area contributed by atoms with Crippen LogP contribution in [0.2, 0.25) is 0 Å². The van der Waals surface area contributed by atoms with Gasteiger partial charge in [-0.2, -0.15) is 18.3 Å². The molecule has 0 saturated carbocycles. The third-order valence-electron chi connectivity index (χ3n) is 2.82. The Kier molecular flexibility index (Phi) is 3.65. The fourth-order valence-corrected chi connectivity index (χ4v) is 1.77. The third kappa shape index (κ3) is 2.59. The zero-order valence-corrected chi connectivity index (χ0v) is 11.3. The highest BCUT2D eigenvalue weighted by Gasteiger charge is 2.33. The summed E-state index contributed by atoms with van der Waals surface area (Å²) < 4.78 is 38.9. The highest BCUT2D eigenvalue weighted by molar-refractivity contribution is 5.51. The lowest BCUT2D eigenvalue weighted by Crippen LogP contribution is -2.11. The van der Waals surface area contributed by atoms with Gasteiger partial charge in [-0.15, -0.1) is 0 Å². The fraction of sp³-hybridized carbons (Fsp3) is 0.417. The molecule has 0 atom stereocenters. The van der Waals surface area contributed by atoms with Crippen molar-refractivity contribution in [3.8, 4) is 5.82 Å². The topological polar surface area (TPSA) is 55.6 Å². The Labute approximate surface area is 113 Å². The minimum atomic E-state index is -4.47. The third-order valence-corrected chi connectivity index (χ3v) is 2.82. The molecule has 5 nitrogen and oxygen atoms in total. The number of aryl methyl sites for hydroxylation is 1. The van der Waals surface area contributed by atoms with E-state index in [9.17, 15) is 13.2 Å². The van der Waals surface area contributed by atoms with Crippen molar-refractivity contribution in [1.82, 2.24) is 19.7 Å². The maximum absolute atomic E-state index is 12.6. The molecule has 0 spiro atoms. The number of aromatic nitrogens is 4. The average molecular weight is 285 g/mol. The second kappa shape index (κ2) is 5.10. The molecule has 0 amide bonds. The van der Waals surface area contributed by atoms with Crippen molar-refractivity contribution >= 4 is 5.82 Å². The van der Waals surface area contributed by atoms with Crippen molar-refractivity contribution in [1.29, 1.82) is 0 Å². The molecule has 0 unspecified atom stereocenters. The van der Waals surface area contributed by atoms with E-state index in [1.54, 1.807) is 14.0 Å². The predicted molar refractivity (Wildman–Crippen MR) is 67.8 cm³/mol. The zero-order valence-electron chi connectivity index (χ0n) is 11.3. The van der Waals surface area contributed by atoms with E-state index >= 15 is 0 Å². The summed E-state index contributed by atoms with van der Waals surface area (Å²) in [5, 5.41) is 6.44. The molecule has 0 radical (unpaired) electrons. The smallest absolute Gasteiger partial charge is 0.373 e. The maximum atomic E-state index is 12.6. The molecular formula is C12H14F3N5. The lowest BCUT2D eigenvalue weighted by molar-refractivity contribution is -0.141. The normalized spacial score (nSPS) is 11.7. The van der Waals surface area contributed by atoms with Crippen LogP contribution >= 0.6 is 0 Å². The van der Waals surface area contributed by atoms with E-state index in [0.29, 0.717) is 29.4 Å². The molecule has 0 aliphatic rings. The predicted octanol–water partition coefficient (Wildman–Crippen LogP) is 2.59. The van der Waals surface area contributed by atoms with E-state index in [-0.39, 0.29) is 0 Å². The first-order chi connectivity index (χ1) is 9.36. The van der Waals surface area contributed by atoms with Crippen molar-refractivity contribution in [3.63, 3.8) is 0 Å². The van der Waals surface area contributed by atoms with Crippen LogP contribution in [0.4, 0.5) is 19.0 Å².